The summed E-state index contributed by atoms with van der Waals surface area (Å²) in [5.74, 6) is 0. The van der Waals surface area contributed by atoms with Crippen molar-refractivity contribution in [3.63, 3.8) is 0 Å². The van der Waals surface area contributed by atoms with Crippen LogP contribution in [0.25, 0.3) is 88.6 Å². The van der Waals surface area contributed by atoms with Crippen LogP contribution >= 0.6 is 0 Å². The fourth-order valence-corrected chi connectivity index (χ4v) is 13.3. The van der Waals surface area contributed by atoms with E-state index in [9.17, 15) is 0 Å². The van der Waals surface area contributed by atoms with Gasteiger partial charge in [-0.05, 0) is 110 Å². The number of hydrogen-bond acceptors (Lipinski definition) is 4. The predicted molar refractivity (Wildman–Crippen MR) is 346 cm³/mol. The van der Waals surface area contributed by atoms with Gasteiger partial charge in [0, 0.05) is 85.1 Å². The molecule has 0 aliphatic carbocycles. The maximum atomic E-state index is 5.91. The summed E-state index contributed by atoms with van der Waals surface area (Å²) < 4.78 is 0. The van der Waals surface area contributed by atoms with Gasteiger partial charge in [0.15, 0.2) is 0 Å². The third kappa shape index (κ3) is 15.5. The van der Waals surface area contributed by atoms with Gasteiger partial charge in [0.2, 0.25) is 0 Å². The molecule has 0 radical (unpaired) electrons. The molecule has 2 aliphatic rings. The standard InChI is InChI=1S/C74H100N6/c1-5-9-13-17-21-25-29-33-37-55-41-43-57(39-35-31-27-23-19-15-11-7-3)73-69-52-70-74-58(40-36-32-28-24-20-16-12-8-4)44-42-56(38-34-30-26-22-18-14-10-6-2)72(74)68(80-70)51-66-62-54-76-47-45-59(62)63(77-66)49-65-61-53-75-48-46-60(61)64(78-65)50-67(79-69)71(55)73/h41-54,78,80H,5-40H2,1-4H3. The molecule has 2 aliphatic heterocycles. The second-order valence-electron chi connectivity index (χ2n) is 24.3. The number of H-pyrrole nitrogens is 2. The summed E-state index contributed by atoms with van der Waals surface area (Å²) in [6, 6.07) is 23.8. The number of fused-ring (bicyclic) bond motifs is 20. The molecule has 0 atom stereocenters. The van der Waals surface area contributed by atoms with Crippen LogP contribution in [0.3, 0.4) is 0 Å². The molecule has 80 heavy (non-hydrogen) atoms. The lowest BCUT2D eigenvalue weighted by molar-refractivity contribution is 0.575. The zero-order chi connectivity index (χ0) is 55.1. The highest BCUT2D eigenvalue weighted by Crippen LogP contribution is 2.45. The van der Waals surface area contributed by atoms with Gasteiger partial charge >= 0.3 is 0 Å². The maximum absolute atomic E-state index is 5.91. The number of nitrogens with zero attached hydrogens (tertiary/aromatic N) is 4. The van der Waals surface area contributed by atoms with Crippen LogP contribution in [0, 0.1) is 0 Å². The molecular weight excluding hydrogens is 973 g/mol. The zero-order valence-electron chi connectivity index (χ0n) is 50.3. The number of rotatable bonds is 36. The normalized spacial score (nSPS) is 12.1. The van der Waals surface area contributed by atoms with Gasteiger partial charge in [-0.25, -0.2) is 9.97 Å². The van der Waals surface area contributed by atoms with E-state index in [2.05, 4.69) is 103 Å². The maximum Gasteiger partial charge on any atom is 0.0752 e. The molecule has 7 heterocycles. The predicted octanol–water partition coefficient (Wildman–Crippen LogP) is 22.8. The first-order valence-corrected chi connectivity index (χ1v) is 33.1. The molecule has 5 aromatic heterocycles. The SMILES string of the molecule is CCCCCCCCCCc1ccc(CCCCCCCCCC)c2c1-c1cc3[nH]c(cc4nc(cc5[nH]c(cc-2n1)c1c(CCCCCCCCCC)ccc(CCCCCCCCCC)c51)-c1cnccc1-4)c1cnccc31. The second-order valence-corrected chi connectivity index (χ2v) is 24.3. The number of pyridine rings is 2. The van der Waals surface area contributed by atoms with E-state index < -0.39 is 0 Å². The topological polar surface area (TPSA) is 83.1 Å². The fraction of sp³-hybridized carbons (Fsp3) is 0.541. The first-order chi connectivity index (χ1) is 39.6. The number of hydrogen-bond donors (Lipinski definition) is 2. The summed E-state index contributed by atoms with van der Waals surface area (Å²) in [6.45, 7) is 9.27. The molecule has 0 saturated heterocycles. The van der Waals surface area contributed by atoms with Gasteiger partial charge in [0.25, 0.3) is 0 Å². The van der Waals surface area contributed by atoms with Crippen LogP contribution < -0.4 is 0 Å². The molecule has 6 nitrogen and oxygen atoms in total. The summed E-state index contributed by atoms with van der Waals surface area (Å²) in [5, 5.41) is 4.99. The van der Waals surface area contributed by atoms with Crippen LogP contribution in [-0.4, -0.2) is 29.9 Å². The smallest absolute Gasteiger partial charge is 0.0752 e. The van der Waals surface area contributed by atoms with E-state index in [0.29, 0.717) is 0 Å². The molecule has 9 rings (SSSR count). The van der Waals surface area contributed by atoms with Crippen molar-refractivity contribution in [1.82, 2.24) is 29.9 Å². The van der Waals surface area contributed by atoms with Gasteiger partial charge in [-0.1, -0.05) is 232 Å². The Balaban J connectivity index is 1.23. The number of aromatic amines is 2. The number of aromatic nitrogens is 6. The van der Waals surface area contributed by atoms with Crippen molar-refractivity contribution in [3.8, 4) is 45.0 Å². The van der Waals surface area contributed by atoms with Crippen molar-refractivity contribution >= 4 is 43.6 Å². The molecule has 0 amide bonds. The summed E-state index contributed by atoms with van der Waals surface area (Å²) in [6.07, 6.45) is 54.2. The van der Waals surface area contributed by atoms with E-state index in [1.54, 1.807) is 0 Å². The second kappa shape index (κ2) is 31.6. The monoisotopic (exact) mass is 1070 g/mol. The van der Waals surface area contributed by atoms with E-state index in [1.807, 2.05) is 24.8 Å². The minimum atomic E-state index is 0.939. The molecule has 0 saturated carbocycles. The fourth-order valence-electron chi connectivity index (χ4n) is 13.3. The Morgan fingerprint density at radius 1 is 0.300 bits per heavy atom. The molecule has 0 fully saturated rings. The number of nitrogens with one attached hydrogen (secondary N) is 2. The minimum absolute atomic E-state index is 0.939. The van der Waals surface area contributed by atoms with E-state index in [-0.39, 0.29) is 0 Å². The highest BCUT2D eigenvalue weighted by Gasteiger charge is 2.25. The van der Waals surface area contributed by atoms with Crippen molar-refractivity contribution in [2.24, 2.45) is 0 Å². The van der Waals surface area contributed by atoms with Crippen molar-refractivity contribution in [2.75, 3.05) is 0 Å². The molecule has 0 unspecified atom stereocenters. The Morgan fingerprint density at radius 2 is 0.637 bits per heavy atom. The zero-order valence-corrected chi connectivity index (χ0v) is 50.3. The molecule has 6 heteroatoms. The van der Waals surface area contributed by atoms with Crippen LogP contribution in [0.5, 0.6) is 0 Å². The number of aryl methyl sites for hydroxylation is 4. The van der Waals surface area contributed by atoms with E-state index in [1.165, 1.54) is 255 Å². The van der Waals surface area contributed by atoms with Gasteiger partial charge < -0.3 is 9.97 Å². The van der Waals surface area contributed by atoms with Gasteiger partial charge in [0.05, 0.1) is 28.3 Å². The summed E-state index contributed by atoms with van der Waals surface area (Å²) in [7, 11) is 0. The van der Waals surface area contributed by atoms with Crippen LogP contribution in [0.4, 0.5) is 0 Å². The Kier molecular flexibility index (Phi) is 23.3. The highest BCUT2D eigenvalue weighted by atomic mass is 14.8. The van der Waals surface area contributed by atoms with Gasteiger partial charge in [-0.3, -0.25) is 9.97 Å². The molecular formula is C74H100N6. The lowest BCUT2D eigenvalue weighted by Gasteiger charge is -2.14. The summed E-state index contributed by atoms with van der Waals surface area (Å²) in [4.78, 5) is 29.0. The molecule has 7 aromatic rings. The first kappa shape index (κ1) is 59.0. The van der Waals surface area contributed by atoms with E-state index in [4.69, 9.17) is 15.0 Å². The number of benzene rings is 2. The van der Waals surface area contributed by atoms with Crippen molar-refractivity contribution < 1.29 is 0 Å². The van der Waals surface area contributed by atoms with Crippen LogP contribution in [0.15, 0.2) is 85.5 Å². The van der Waals surface area contributed by atoms with Crippen LogP contribution in [0.2, 0.25) is 0 Å². The lowest BCUT2D eigenvalue weighted by Crippen LogP contribution is -1.97. The Hall–Kier alpha value is -5.62. The molecule has 2 N–H and O–H groups in total. The van der Waals surface area contributed by atoms with Crippen molar-refractivity contribution in [3.05, 3.63) is 108 Å². The Morgan fingerprint density at radius 3 is 1.12 bits per heavy atom. The van der Waals surface area contributed by atoms with Crippen LogP contribution in [-0.2, 0) is 25.7 Å². The van der Waals surface area contributed by atoms with E-state index >= 15 is 0 Å². The number of unbranched alkanes of at least 4 members (excludes halogenated alkanes) is 28. The largest absolute Gasteiger partial charge is 0.354 e. The Bertz CT molecular complexity index is 3210. The van der Waals surface area contributed by atoms with Gasteiger partial charge in [0.1, 0.15) is 0 Å². The van der Waals surface area contributed by atoms with Crippen molar-refractivity contribution in [2.45, 2.75) is 259 Å². The highest BCUT2D eigenvalue weighted by molar-refractivity contribution is 6.12. The molecule has 426 valence electrons. The summed E-state index contributed by atoms with van der Waals surface area (Å²) >= 11 is 0. The first-order valence-electron chi connectivity index (χ1n) is 33.1. The molecule has 2 aromatic carbocycles. The van der Waals surface area contributed by atoms with Crippen molar-refractivity contribution in [1.29, 1.82) is 0 Å². The average molecular weight is 1070 g/mol. The summed E-state index contributed by atoms with van der Waals surface area (Å²) in [5.41, 5.74) is 19.1. The van der Waals surface area contributed by atoms with Gasteiger partial charge in [-0.15, -0.1) is 0 Å². The van der Waals surface area contributed by atoms with E-state index in [0.717, 1.165) is 86.9 Å². The molecule has 8 bridgehead atoms. The average Bonchev–Trinajstić information content (AvgIpc) is 4.26. The third-order valence-electron chi connectivity index (χ3n) is 17.9. The molecule has 0 spiro atoms. The lowest BCUT2D eigenvalue weighted by atomic mass is 9.89. The Labute approximate surface area is 482 Å². The van der Waals surface area contributed by atoms with Gasteiger partial charge in [-0.2, -0.15) is 0 Å². The van der Waals surface area contributed by atoms with Crippen LogP contribution in [0.1, 0.15) is 255 Å². The third-order valence-corrected chi connectivity index (χ3v) is 17.9. The quantitative estimate of drug-likeness (QED) is 0.0383. The minimum Gasteiger partial charge on any atom is -0.354 e.